The largest absolute Gasteiger partial charge is 0.396 e. The summed E-state index contributed by atoms with van der Waals surface area (Å²) in [5, 5.41) is 12.7. The third kappa shape index (κ3) is 3.53. The second-order valence-electron chi connectivity index (χ2n) is 9.34. The van der Waals surface area contributed by atoms with E-state index >= 15 is 0 Å². The Balaban J connectivity index is 1.85. The quantitative estimate of drug-likeness (QED) is 0.728. The summed E-state index contributed by atoms with van der Waals surface area (Å²) in [6.07, 6.45) is 7.41. The zero-order valence-corrected chi connectivity index (χ0v) is 16.7. The van der Waals surface area contributed by atoms with E-state index in [9.17, 15) is 0 Å². The van der Waals surface area contributed by atoms with Gasteiger partial charge in [0.05, 0.1) is 0 Å². The van der Waals surface area contributed by atoms with E-state index in [0.717, 1.165) is 25.4 Å². The van der Waals surface area contributed by atoms with Crippen LogP contribution in [0.3, 0.4) is 0 Å². The van der Waals surface area contributed by atoms with Gasteiger partial charge in [-0.3, -0.25) is 0 Å². The highest BCUT2D eigenvalue weighted by atomic mass is 16.3. The summed E-state index contributed by atoms with van der Waals surface area (Å²) in [6, 6.07) is 7.33. The minimum atomic E-state index is 0.288. The molecule has 0 bridgehead atoms. The number of nitrogens with one attached hydrogen (secondary N) is 1. The lowest BCUT2D eigenvalue weighted by atomic mass is 9.49. The summed E-state index contributed by atoms with van der Waals surface area (Å²) in [7, 11) is 0. The van der Waals surface area contributed by atoms with Crippen LogP contribution in [0.4, 0.5) is 0 Å². The highest BCUT2D eigenvalue weighted by Gasteiger charge is 2.51. The van der Waals surface area contributed by atoms with Crippen LogP contribution in [0, 0.1) is 11.3 Å². The zero-order valence-electron chi connectivity index (χ0n) is 16.7. The van der Waals surface area contributed by atoms with Crippen molar-refractivity contribution >= 4 is 0 Å². The molecule has 3 atom stereocenters. The molecular weight excluding hydrogens is 306 g/mol. The highest BCUT2D eigenvalue weighted by molar-refractivity contribution is 5.42. The van der Waals surface area contributed by atoms with Crippen molar-refractivity contribution in [2.24, 2.45) is 11.3 Å². The monoisotopic (exact) mass is 343 g/mol. The van der Waals surface area contributed by atoms with E-state index in [-0.39, 0.29) is 6.61 Å². The number of hydrogen-bond donors (Lipinski definition) is 2. The van der Waals surface area contributed by atoms with Crippen molar-refractivity contribution in [2.45, 2.75) is 77.6 Å². The number of fused-ring (bicyclic) bond motifs is 3. The molecule has 2 N–H and O–H groups in total. The van der Waals surface area contributed by atoms with Gasteiger partial charge in [0.1, 0.15) is 0 Å². The van der Waals surface area contributed by atoms with Gasteiger partial charge in [-0.15, -0.1) is 0 Å². The molecule has 1 aromatic rings. The Morgan fingerprint density at radius 3 is 2.76 bits per heavy atom. The summed E-state index contributed by atoms with van der Waals surface area (Å²) in [5.74, 6) is 1.37. The van der Waals surface area contributed by atoms with E-state index < -0.39 is 0 Å². The maximum absolute atomic E-state index is 9.03. The number of rotatable bonds is 6. The molecule has 2 heteroatoms. The summed E-state index contributed by atoms with van der Waals surface area (Å²) in [4.78, 5) is 0. The second kappa shape index (κ2) is 7.40. The Morgan fingerprint density at radius 2 is 2.04 bits per heavy atom. The number of benzene rings is 1. The summed E-state index contributed by atoms with van der Waals surface area (Å²) < 4.78 is 0. The van der Waals surface area contributed by atoms with E-state index in [1.807, 2.05) is 0 Å². The molecule has 1 saturated carbocycles. The molecule has 0 spiro atoms. The lowest BCUT2D eigenvalue weighted by Crippen LogP contribution is -2.52. The predicted octanol–water partition coefficient (Wildman–Crippen LogP) is 4.79. The Labute approximate surface area is 154 Å². The molecule has 0 radical (unpaired) electrons. The summed E-state index contributed by atoms with van der Waals surface area (Å²) in [5.41, 5.74) is 5.44. The molecule has 0 aliphatic heterocycles. The van der Waals surface area contributed by atoms with Gasteiger partial charge < -0.3 is 10.4 Å². The third-order valence-electron chi connectivity index (χ3n) is 7.21. The lowest BCUT2D eigenvalue weighted by Gasteiger charge is -2.55. The molecule has 140 valence electrons. The van der Waals surface area contributed by atoms with E-state index in [0.29, 0.717) is 16.7 Å². The van der Waals surface area contributed by atoms with Crippen molar-refractivity contribution in [3.8, 4) is 0 Å². The van der Waals surface area contributed by atoms with Crippen molar-refractivity contribution < 1.29 is 5.11 Å². The first-order valence-corrected chi connectivity index (χ1v) is 10.4. The summed E-state index contributed by atoms with van der Waals surface area (Å²) >= 11 is 0. The zero-order chi connectivity index (χ0) is 18.1. The van der Waals surface area contributed by atoms with E-state index in [1.54, 1.807) is 11.1 Å². The van der Waals surface area contributed by atoms with Crippen LogP contribution in [0.2, 0.25) is 0 Å². The lowest BCUT2D eigenvalue weighted by molar-refractivity contribution is 0.0258. The maximum atomic E-state index is 9.03. The molecule has 2 nitrogen and oxygen atoms in total. The van der Waals surface area contributed by atoms with Crippen LogP contribution in [0.5, 0.6) is 0 Å². The SMILES string of the molecule is CC(C)c1ccc2c(c1)CCC1C(C)(CNCCCO)CCCC21C. The van der Waals surface area contributed by atoms with Gasteiger partial charge in [-0.05, 0) is 78.0 Å². The fourth-order valence-corrected chi connectivity index (χ4v) is 5.79. The van der Waals surface area contributed by atoms with Gasteiger partial charge in [0.2, 0.25) is 0 Å². The first kappa shape index (κ1) is 18.9. The van der Waals surface area contributed by atoms with Gasteiger partial charge in [0.25, 0.3) is 0 Å². The number of aliphatic hydroxyl groups excluding tert-OH is 1. The summed E-state index contributed by atoms with van der Waals surface area (Å²) in [6.45, 7) is 12.0. The molecule has 1 fully saturated rings. The molecule has 2 aliphatic carbocycles. The molecule has 0 amide bonds. The number of hydrogen-bond acceptors (Lipinski definition) is 2. The molecule has 1 aromatic carbocycles. The van der Waals surface area contributed by atoms with E-state index in [2.05, 4.69) is 51.2 Å². The van der Waals surface area contributed by atoms with E-state index in [4.69, 9.17) is 5.11 Å². The average molecular weight is 344 g/mol. The number of aliphatic hydroxyl groups is 1. The smallest absolute Gasteiger partial charge is 0.0443 e. The Hall–Kier alpha value is -0.860. The van der Waals surface area contributed by atoms with E-state index in [1.165, 1.54) is 37.7 Å². The Bertz CT molecular complexity index is 596. The Morgan fingerprint density at radius 1 is 1.24 bits per heavy atom. The van der Waals surface area contributed by atoms with Crippen molar-refractivity contribution in [1.82, 2.24) is 5.32 Å². The third-order valence-corrected chi connectivity index (χ3v) is 7.21. The topological polar surface area (TPSA) is 32.3 Å². The molecular formula is C23H37NO. The highest BCUT2D eigenvalue weighted by Crippen LogP contribution is 2.57. The molecule has 0 saturated heterocycles. The number of aryl methyl sites for hydroxylation is 1. The predicted molar refractivity (Wildman–Crippen MR) is 106 cm³/mol. The van der Waals surface area contributed by atoms with Crippen LogP contribution >= 0.6 is 0 Å². The minimum Gasteiger partial charge on any atom is -0.396 e. The van der Waals surface area contributed by atoms with Gasteiger partial charge in [0.15, 0.2) is 0 Å². The van der Waals surface area contributed by atoms with Crippen LogP contribution in [0.1, 0.15) is 82.4 Å². The standard InChI is InChI=1S/C23H37NO/c1-17(2)18-7-9-20-19(15-18)8-10-21-22(3,16-24-13-6-14-25)11-5-12-23(20,21)4/h7,9,15,17,21,24-25H,5-6,8,10-14,16H2,1-4H3. The van der Waals surface area contributed by atoms with Crippen LogP contribution in [-0.4, -0.2) is 24.8 Å². The van der Waals surface area contributed by atoms with Gasteiger partial charge in [0, 0.05) is 13.2 Å². The van der Waals surface area contributed by atoms with Crippen LogP contribution < -0.4 is 5.32 Å². The van der Waals surface area contributed by atoms with Crippen LogP contribution in [0.25, 0.3) is 0 Å². The molecule has 25 heavy (non-hydrogen) atoms. The van der Waals surface area contributed by atoms with Crippen molar-refractivity contribution in [1.29, 1.82) is 0 Å². The first-order chi connectivity index (χ1) is 11.9. The van der Waals surface area contributed by atoms with Crippen LogP contribution in [0.15, 0.2) is 18.2 Å². The van der Waals surface area contributed by atoms with Gasteiger partial charge >= 0.3 is 0 Å². The average Bonchev–Trinajstić information content (AvgIpc) is 2.58. The molecule has 3 unspecified atom stereocenters. The Kier molecular flexibility index (Phi) is 5.60. The normalized spacial score (nSPS) is 31.7. The fraction of sp³-hybridized carbons (Fsp3) is 0.739. The second-order valence-corrected chi connectivity index (χ2v) is 9.34. The van der Waals surface area contributed by atoms with Crippen molar-refractivity contribution in [3.63, 3.8) is 0 Å². The van der Waals surface area contributed by atoms with Crippen molar-refractivity contribution in [2.75, 3.05) is 19.7 Å². The molecule has 2 aliphatic rings. The minimum absolute atomic E-state index is 0.288. The molecule has 0 heterocycles. The van der Waals surface area contributed by atoms with Crippen LogP contribution in [-0.2, 0) is 11.8 Å². The first-order valence-electron chi connectivity index (χ1n) is 10.4. The van der Waals surface area contributed by atoms with Gasteiger partial charge in [-0.1, -0.05) is 52.3 Å². The molecule has 3 rings (SSSR count). The molecule has 0 aromatic heterocycles. The van der Waals surface area contributed by atoms with Crippen molar-refractivity contribution in [3.05, 3.63) is 34.9 Å². The fourth-order valence-electron chi connectivity index (χ4n) is 5.79. The van der Waals surface area contributed by atoms with Gasteiger partial charge in [-0.25, -0.2) is 0 Å². The maximum Gasteiger partial charge on any atom is 0.0443 e. The van der Waals surface area contributed by atoms with Gasteiger partial charge in [-0.2, -0.15) is 0 Å².